The van der Waals surface area contributed by atoms with Gasteiger partial charge in [-0.25, -0.2) is 4.39 Å². The first-order valence-corrected chi connectivity index (χ1v) is 5.17. The summed E-state index contributed by atoms with van der Waals surface area (Å²) in [6.07, 6.45) is 0. The third-order valence-corrected chi connectivity index (χ3v) is 2.84. The molecule has 17 heavy (non-hydrogen) atoms. The van der Waals surface area contributed by atoms with Gasteiger partial charge in [-0.05, 0) is 12.1 Å². The zero-order chi connectivity index (χ0) is 12.0. The molecule has 0 bridgehead atoms. The first-order valence-electron chi connectivity index (χ1n) is 5.17. The van der Waals surface area contributed by atoms with Gasteiger partial charge in [-0.1, -0.05) is 0 Å². The molecule has 0 unspecified atom stereocenters. The van der Waals surface area contributed by atoms with E-state index < -0.39 is 5.97 Å². The highest BCUT2D eigenvalue weighted by atomic mass is 19.1. The predicted molar refractivity (Wildman–Crippen MR) is 57.3 cm³/mol. The van der Waals surface area contributed by atoms with Gasteiger partial charge in [-0.15, -0.1) is 0 Å². The van der Waals surface area contributed by atoms with Gasteiger partial charge in [0, 0.05) is 19.2 Å². The predicted octanol–water partition coefficient (Wildman–Crippen LogP) is 1.49. The van der Waals surface area contributed by atoms with Crippen LogP contribution in [0.1, 0.15) is 0 Å². The standard InChI is InChI=1S/C11H9FN2O3/c12-7-1-2-9-8(3-7)13-11(17-9)14-4-6(5-14)10(15)16/h1-3,6H,4-5H2,(H,15,16). The molecule has 2 heterocycles. The minimum Gasteiger partial charge on any atom is -0.481 e. The third-order valence-electron chi connectivity index (χ3n) is 2.84. The second-order valence-electron chi connectivity index (χ2n) is 4.05. The lowest BCUT2D eigenvalue weighted by Crippen LogP contribution is -2.50. The quantitative estimate of drug-likeness (QED) is 0.855. The number of fused-ring (bicyclic) bond motifs is 1. The fourth-order valence-corrected chi connectivity index (χ4v) is 1.81. The number of benzene rings is 1. The molecule has 0 radical (unpaired) electrons. The molecule has 0 saturated carbocycles. The first-order chi connectivity index (χ1) is 8.13. The molecule has 6 heteroatoms. The number of aliphatic carboxylic acids is 1. The highest BCUT2D eigenvalue weighted by molar-refractivity contribution is 5.76. The SMILES string of the molecule is O=C(O)C1CN(c2nc3cc(F)ccc3o2)C1. The van der Waals surface area contributed by atoms with Crippen LogP contribution in [0.3, 0.4) is 0 Å². The van der Waals surface area contributed by atoms with Crippen molar-refractivity contribution >= 4 is 23.1 Å². The van der Waals surface area contributed by atoms with Crippen molar-refractivity contribution < 1.29 is 18.7 Å². The van der Waals surface area contributed by atoms with Gasteiger partial charge in [0.1, 0.15) is 11.3 Å². The zero-order valence-corrected chi connectivity index (χ0v) is 8.76. The molecule has 5 nitrogen and oxygen atoms in total. The Kier molecular flexibility index (Phi) is 2.04. The summed E-state index contributed by atoms with van der Waals surface area (Å²) in [5.41, 5.74) is 0.943. The van der Waals surface area contributed by atoms with Crippen molar-refractivity contribution in [1.82, 2.24) is 4.98 Å². The molecule has 1 N–H and O–H groups in total. The Morgan fingerprint density at radius 3 is 3.00 bits per heavy atom. The van der Waals surface area contributed by atoms with Crippen molar-refractivity contribution in [3.05, 3.63) is 24.0 Å². The van der Waals surface area contributed by atoms with Gasteiger partial charge in [0.2, 0.25) is 0 Å². The van der Waals surface area contributed by atoms with E-state index in [2.05, 4.69) is 4.98 Å². The number of hydrogen-bond donors (Lipinski definition) is 1. The molecule has 1 aromatic heterocycles. The number of aromatic nitrogens is 1. The van der Waals surface area contributed by atoms with Gasteiger partial charge in [0.25, 0.3) is 6.01 Å². The van der Waals surface area contributed by atoms with Crippen LogP contribution in [0.5, 0.6) is 0 Å². The number of carbonyl (C=O) groups is 1. The molecule has 3 rings (SSSR count). The summed E-state index contributed by atoms with van der Waals surface area (Å²) in [5, 5.41) is 8.75. The monoisotopic (exact) mass is 236 g/mol. The second kappa shape index (κ2) is 3.44. The molecule has 1 aromatic carbocycles. The minimum absolute atomic E-state index is 0.350. The van der Waals surface area contributed by atoms with Crippen molar-refractivity contribution in [2.75, 3.05) is 18.0 Å². The van der Waals surface area contributed by atoms with Crippen LogP contribution in [0.25, 0.3) is 11.1 Å². The van der Waals surface area contributed by atoms with Gasteiger partial charge < -0.3 is 14.4 Å². The molecule has 88 valence electrons. The number of carboxylic acids is 1. The summed E-state index contributed by atoms with van der Waals surface area (Å²) in [6.45, 7) is 0.759. The van der Waals surface area contributed by atoms with Crippen LogP contribution >= 0.6 is 0 Å². The van der Waals surface area contributed by atoms with E-state index in [1.807, 2.05) is 0 Å². The van der Waals surface area contributed by atoms with Crippen LogP contribution in [-0.4, -0.2) is 29.1 Å². The first kappa shape index (κ1) is 10.1. The lowest BCUT2D eigenvalue weighted by Gasteiger charge is -2.35. The Morgan fingerprint density at radius 1 is 1.53 bits per heavy atom. The fraction of sp³-hybridized carbons (Fsp3) is 0.273. The second-order valence-corrected chi connectivity index (χ2v) is 4.05. The highest BCUT2D eigenvalue weighted by Crippen LogP contribution is 2.27. The zero-order valence-electron chi connectivity index (χ0n) is 8.76. The van der Waals surface area contributed by atoms with E-state index in [1.54, 1.807) is 4.90 Å². The maximum absolute atomic E-state index is 12.9. The van der Waals surface area contributed by atoms with Crippen LogP contribution < -0.4 is 4.90 Å². The van der Waals surface area contributed by atoms with Crippen molar-refractivity contribution in [1.29, 1.82) is 0 Å². The van der Waals surface area contributed by atoms with E-state index in [-0.39, 0.29) is 11.7 Å². The Balaban J connectivity index is 1.85. The molecule has 1 aliphatic heterocycles. The van der Waals surface area contributed by atoms with E-state index in [4.69, 9.17) is 9.52 Å². The lowest BCUT2D eigenvalue weighted by atomic mass is 10.0. The molecular weight excluding hydrogens is 227 g/mol. The maximum Gasteiger partial charge on any atom is 0.310 e. The number of halogens is 1. The van der Waals surface area contributed by atoms with Crippen molar-refractivity contribution in [2.45, 2.75) is 0 Å². The van der Waals surface area contributed by atoms with E-state index in [0.29, 0.717) is 30.2 Å². The van der Waals surface area contributed by atoms with E-state index in [1.165, 1.54) is 18.2 Å². The van der Waals surface area contributed by atoms with E-state index in [9.17, 15) is 9.18 Å². The number of anilines is 1. The molecule has 1 saturated heterocycles. The highest BCUT2D eigenvalue weighted by Gasteiger charge is 2.35. The summed E-state index contributed by atoms with van der Waals surface area (Å²) < 4.78 is 18.3. The Morgan fingerprint density at radius 2 is 2.29 bits per heavy atom. The lowest BCUT2D eigenvalue weighted by molar-refractivity contribution is -0.142. The molecule has 2 aromatic rings. The van der Waals surface area contributed by atoms with Crippen LogP contribution in [0.4, 0.5) is 10.4 Å². The summed E-state index contributed by atoms with van der Waals surface area (Å²) in [4.78, 5) is 16.5. The molecule has 0 aliphatic carbocycles. The average molecular weight is 236 g/mol. The van der Waals surface area contributed by atoms with Crippen molar-refractivity contribution in [2.24, 2.45) is 5.92 Å². The third kappa shape index (κ3) is 1.61. The Bertz CT molecular complexity index is 589. The molecule has 1 fully saturated rings. The normalized spacial score (nSPS) is 16.2. The number of carboxylic acid groups (broad SMARTS) is 1. The minimum atomic E-state index is -0.816. The molecule has 0 atom stereocenters. The topological polar surface area (TPSA) is 66.6 Å². The van der Waals surface area contributed by atoms with Crippen LogP contribution in [-0.2, 0) is 4.79 Å². The number of hydrogen-bond acceptors (Lipinski definition) is 4. The largest absolute Gasteiger partial charge is 0.481 e. The maximum atomic E-state index is 12.9. The number of nitrogens with zero attached hydrogens (tertiary/aromatic N) is 2. The number of oxazole rings is 1. The van der Waals surface area contributed by atoms with Crippen molar-refractivity contribution in [3.8, 4) is 0 Å². The smallest absolute Gasteiger partial charge is 0.310 e. The summed E-state index contributed by atoms with van der Waals surface area (Å²) in [6, 6.07) is 4.45. The van der Waals surface area contributed by atoms with Crippen LogP contribution in [0.2, 0.25) is 0 Å². The Hall–Kier alpha value is -2.11. The van der Waals surface area contributed by atoms with Crippen LogP contribution in [0.15, 0.2) is 22.6 Å². The van der Waals surface area contributed by atoms with Gasteiger partial charge in [0.15, 0.2) is 5.58 Å². The van der Waals surface area contributed by atoms with Gasteiger partial charge >= 0.3 is 5.97 Å². The van der Waals surface area contributed by atoms with Crippen LogP contribution in [0, 0.1) is 11.7 Å². The van der Waals surface area contributed by atoms with Gasteiger partial charge in [-0.2, -0.15) is 4.98 Å². The fourth-order valence-electron chi connectivity index (χ4n) is 1.81. The van der Waals surface area contributed by atoms with Gasteiger partial charge in [-0.3, -0.25) is 4.79 Å². The summed E-state index contributed by atoms with van der Waals surface area (Å²) in [7, 11) is 0. The van der Waals surface area contributed by atoms with E-state index in [0.717, 1.165) is 0 Å². The summed E-state index contributed by atoms with van der Waals surface area (Å²) in [5.74, 6) is -1.56. The number of rotatable bonds is 2. The van der Waals surface area contributed by atoms with Crippen molar-refractivity contribution in [3.63, 3.8) is 0 Å². The molecule has 0 amide bonds. The van der Waals surface area contributed by atoms with E-state index >= 15 is 0 Å². The molecule has 0 spiro atoms. The molecule has 1 aliphatic rings. The average Bonchev–Trinajstić information content (AvgIpc) is 2.56. The Labute approximate surface area is 95.5 Å². The summed E-state index contributed by atoms with van der Waals surface area (Å²) >= 11 is 0. The van der Waals surface area contributed by atoms with Gasteiger partial charge in [0.05, 0.1) is 5.92 Å². The molecular formula is C11H9FN2O3.